The number of hydrogen-bond acceptors (Lipinski definition) is 1. The van der Waals surface area contributed by atoms with Crippen LogP contribution in [-0.4, -0.2) is 12.7 Å². The predicted octanol–water partition coefficient (Wildman–Crippen LogP) is 5.55. The van der Waals surface area contributed by atoms with Crippen molar-refractivity contribution in [3.05, 3.63) is 34.9 Å². The maximum Gasteiger partial charge on any atom is 0.0741 e. The average molecular weight is 325 g/mol. The Morgan fingerprint density at radius 1 is 1.11 bits per heavy atom. The topological polar surface area (TPSA) is 9.23 Å². The smallest absolute Gasteiger partial charge is 0.0741 e. The highest BCUT2D eigenvalue weighted by atomic mass is 79.9. The Kier molecular flexibility index (Phi) is 5.08. The normalized spacial score (nSPS) is 21.3. The van der Waals surface area contributed by atoms with E-state index in [-0.39, 0.29) is 0 Å². The van der Waals surface area contributed by atoms with E-state index in [1.54, 1.807) is 0 Å². The van der Waals surface area contributed by atoms with Gasteiger partial charge in [-0.25, -0.2) is 0 Å². The summed E-state index contributed by atoms with van der Waals surface area (Å²) < 4.78 is 5.83. The number of ether oxygens (including phenoxy) is 1. The lowest BCUT2D eigenvalue weighted by Crippen LogP contribution is -2.14. The molecule has 2 atom stereocenters. The molecule has 106 valence electrons. The second-order valence-electron chi connectivity index (χ2n) is 6.15. The summed E-state index contributed by atoms with van der Waals surface area (Å²) >= 11 is 3.87. The summed E-state index contributed by atoms with van der Waals surface area (Å²) in [5, 5.41) is 0. The van der Waals surface area contributed by atoms with Crippen LogP contribution in [0.5, 0.6) is 0 Å². The Morgan fingerprint density at radius 2 is 1.84 bits per heavy atom. The van der Waals surface area contributed by atoms with Crippen LogP contribution >= 0.6 is 15.9 Å². The first-order valence-electron chi connectivity index (χ1n) is 7.40. The molecule has 0 spiro atoms. The largest absolute Gasteiger partial charge is 0.377 e. The maximum atomic E-state index is 5.83. The van der Waals surface area contributed by atoms with E-state index in [2.05, 4.69) is 61.8 Å². The van der Waals surface area contributed by atoms with Crippen molar-refractivity contribution in [1.29, 1.82) is 0 Å². The molecule has 19 heavy (non-hydrogen) atoms. The Hall–Kier alpha value is -0.340. The molecule has 0 saturated carbocycles. The van der Waals surface area contributed by atoms with Gasteiger partial charge in [-0.3, -0.25) is 0 Å². The van der Waals surface area contributed by atoms with Crippen LogP contribution in [0.25, 0.3) is 0 Å². The number of alkyl halides is 1. The molecule has 2 rings (SSSR count). The first kappa shape index (κ1) is 15.1. The van der Waals surface area contributed by atoms with Crippen LogP contribution in [0.15, 0.2) is 18.2 Å². The molecule has 0 aromatic heterocycles. The fraction of sp³-hybridized carbons (Fsp3) is 0.647. The highest BCUT2D eigenvalue weighted by Crippen LogP contribution is 2.38. The monoisotopic (exact) mass is 324 g/mol. The van der Waals surface area contributed by atoms with E-state index in [0.29, 0.717) is 22.8 Å². The van der Waals surface area contributed by atoms with E-state index in [1.807, 2.05) is 0 Å². The lowest BCUT2D eigenvalue weighted by Gasteiger charge is -2.23. The van der Waals surface area contributed by atoms with E-state index in [4.69, 9.17) is 4.74 Å². The third-order valence-electron chi connectivity index (χ3n) is 3.99. The summed E-state index contributed by atoms with van der Waals surface area (Å²) in [6.45, 7) is 9.97. The molecular formula is C17H25BrO. The third-order valence-corrected chi connectivity index (χ3v) is 5.07. The van der Waals surface area contributed by atoms with Gasteiger partial charge in [-0.05, 0) is 41.4 Å². The van der Waals surface area contributed by atoms with E-state index < -0.39 is 0 Å². The minimum Gasteiger partial charge on any atom is -0.377 e. The van der Waals surface area contributed by atoms with Crippen molar-refractivity contribution in [2.75, 3.05) is 6.61 Å². The van der Waals surface area contributed by atoms with Crippen molar-refractivity contribution >= 4 is 15.9 Å². The summed E-state index contributed by atoms with van der Waals surface area (Å²) in [5.74, 6) is 1.14. The molecule has 0 aliphatic carbocycles. The van der Waals surface area contributed by atoms with Gasteiger partial charge in [0, 0.05) is 6.61 Å². The Labute approximate surface area is 125 Å². The first-order chi connectivity index (χ1) is 9.00. The van der Waals surface area contributed by atoms with Gasteiger partial charge >= 0.3 is 0 Å². The van der Waals surface area contributed by atoms with Crippen molar-refractivity contribution in [2.45, 2.75) is 63.3 Å². The van der Waals surface area contributed by atoms with Gasteiger partial charge in [0.2, 0.25) is 0 Å². The maximum absolute atomic E-state index is 5.83. The lowest BCUT2D eigenvalue weighted by atomic mass is 9.89. The van der Waals surface area contributed by atoms with Crippen molar-refractivity contribution in [3.63, 3.8) is 0 Å². The Morgan fingerprint density at radius 3 is 2.37 bits per heavy atom. The van der Waals surface area contributed by atoms with Crippen LogP contribution in [0.1, 0.15) is 73.9 Å². The van der Waals surface area contributed by atoms with E-state index in [0.717, 1.165) is 6.61 Å². The molecule has 0 N–H and O–H groups in total. The zero-order chi connectivity index (χ0) is 14.0. The van der Waals surface area contributed by atoms with E-state index in [1.165, 1.54) is 29.5 Å². The molecule has 2 heteroatoms. The second-order valence-corrected chi connectivity index (χ2v) is 7.14. The van der Waals surface area contributed by atoms with E-state index in [9.17, 15) is 0 Å². The molecule has 1 aliphatic heterocycles. The lowest BCUT2D eigenvalue weighted by molar-refractivity contribution is 0.110. The average Bonchev–Trinajstić information content (AvgIpc) is 2.90. The molecule has 0 radical (unpaired) electrons. The van der Waals surface area contributed by atoms with Crippen LogP contribution in [0.2, 0.25) is 0 Å². The third kappa shape index (κ3) is 3.41. The summed E-state index contributed by atoms with van der Waals surface area (Å²) in [6, 6.07) is 6.95. The summed E-state index contributed by atoms with van der Waals surface area (Å²) in [6.07, 6.45) is 2.69. The molecule has 0 amide bonds. The van der Waals surface area contributed by atoms with Crippen molar-refractivity contribution in [3.8, 4) is 0 Å². The first-order valence-corrected chi connectivity index (χ1v) is 8.31. The Balaban J connectivity index is 2.32. The van der Waals surface area contributed by atoms with Crippen molar-refractivity contribution in [1.82, 2.24) is 0 Å². The van der Waals surface area contributed by atoms with Gasteiger partial charge in [0.05, 0.1) is 10.9 Å². The molecule has 1 fully saturated rings. The number of rotatable bonds is 4. The molecule has 1 aromatic rings. The van der Waals surface area contributed by atoms with Crippen LogP contribution in [-0.2, 0) is 4.74 Å². The highest BCUT2D eigenvalue weighted by Gasteiger charge is 2.27. The SMILES string of the molecule is CC(C)c1ccc(C(Br)C2CCCO2)c(C(C)C)c1. The predicted molar refractivity (Wildman–Crippen MR) is 85.3 cm³/mol. The molecular weight excluding hydrogens is 300 g/mol. The summed E-state index contributed by atoms with van der Waals surface area (Å²) in [4.78, 5) is 0.327. The zero-order valence-corrected chi connectivity index (χ0v) is 14.0. The van der Waals surface area contributed by atoms with Gasteiger partial charge in [0.1, 0.15) is 0 Å². The fourth-order valence-corrected chi connectivity index (χ4v) is 3.57. The Bertz CT molecular complexity index is 419. The van der Waals surface area contributed by atoms with Crippen LogP contribution in [0, 0.1) is 0 Å². The second kappa shape index (κ2) is 6.41. The molecule has 2 unspecified atom stereocenters. The number of halogens is 1. The molecule has 1 heterocycles. The van der Waals surface area contributed by atoms with Crippen LogP contribution in [0.4, 0.5) is 0 Å². The molecule has 0 bridgehead atoms. The van der Waals surface area contributed by atoms with Gasteiger partial charge in [0.15, 0.2) is 0 Å². The molecule has 1 aromatic carbocycles. The van der Waals surface area contributed by atoms with Gasteiger partial charge < -0.3 is 4.74 Å². The van der Waals surface area contributed by atoms with Gasteiger partial charge in [-0.15, -0.1) is 0 Å². The van der Waals surface area contributed by atoms with Gasteiger partial charge in [-0.2, -0.15) is 0 Å². The molecule has 1 nitrogen and oxygen atoms in total. The zero-order valence-electron chi connectivity index (χ0n) is 12.4. The minimum atomic E-state index is 0.327. The fourth-order valence-electron chi connectivity index (χ4n) is 2.74. The highest BCUT2D eigenvalue weighted by molar-refractivity contribution is 9.09. The van der Waals surface area contributed by atoms with Crippen LogP contribution < -0.4 is 0 Å². The molecule has 1 aliphatic rings. The van der Waals surface area contributed by atoms with Crippen LogP contribution in [0.3, 0.4) is 0 Å². The summed E-state index contributed by atoms with van der Waals surface area (Å²) in [7, 11) is 0. The number of benzene rings is 1. The van der Waals surface area contributed by atoms with Crippen molar-refractivity contribution in [2.24, 2.45) is 0 Å². The number of hydrogen-bond donors (Lipinski definition) is 0. The van der Waals surface area contributed by atoms with E-state index >= 15 is 0 Å². The summed E-state index contributed by atoms with van der Waals surface area (Å²) in [5.41, 5.74) is 4.30. The van der Waals surface area contributed by atoms with Gasteiger partial charge in [-0.1, -0.05) is 61.8 Å². The van der Waals surface area contributed by atoms with Crippen molar-refractivity contribution < 1.29 is 4.74 Å². The standard InChI is InChI=1S/C17H25BrO/c1-11(2)13-7-8-14(15(10-13)12(3)4)17(18)16-6-5-9-19-16/h7-8,10-12,16-17H,5-6,9H2,1-4H3. The quantitative estimate of drug-likeness (QED) is 0.660. The minimum absolute atomic E-state index is 0.327. The molecule has 1 saturated heterocycles. The van der Waals surface area contributed by atoms with Gasteiger partial charge in [0.25, 0.3) is 0 Å².